The van der Waals surface area contributed by atoms with Gasteiger partial charge >= 0.3 is 0 Å². The number of nitro groups is 1. The van der Waals surface area contributed by atoms with Crippen LogP contribution >= 0.6 is 0 Å². The van der Waals surface area contributed by atoms with Crippen molar-refractivity contribution in [3.8, 4) is 23.0 Å². The third-order valence-corrected chi connectivity index (χ3v) is 2.72. The van der Waals surface area contributed by atoms with Crippen LogP contribution in [-0.4, -0.2) is 25.0 Å². The highest BCUT2D eigenvalue weighted by Gasteiger charge is 2.17. The van der Waals surface area contributed by atoms with Gasteiger partial charge in [-0.25, -0.2) is 9.97 Å². The first-order chi connectivity index (χ1) is 10.1. The van der Waals surface area contributed by atoms with Gasteiger partial charge in [-0.3, -0.25) is 10.1 Å². The molecule has 0 aliphatic heterocycles. The Kier molecular flexibility index (Phi) is 2.99. The molecule has 0 aliphatic carbocycles. The van der Waals surface area contributed by atoms with Crippen LogP contribution in [-0.2, 0) is 0 Å². The van der Waals surface area contributed by atoms with Crippen LogP contribution in [0.25, 0.3) is 23.0 Å². The zero-order valence-corrected chi connectivity index (χ0v) is 10.5. The molecule has 3 rings (SSSR count). The number of non-ortho nitro benzene ring substituents is 1. The maximum Gasteiger partial charge on any atom is 0.270 e. The van der Waals surface area contributed by atoms with Crippen LogP contribution < -0.4 is 5.73 Å². The van der Waals surface area contributed by atoms with Crippen molar-refractivity contribution in [1.29, 1.82) is 0 Å². The predicted molar refractivity (Wildman–Crippen MR) is 71.8 cm³/mol. The fourth-order valence-corrected chi connectivity index (χ4v) is 1.70. The van der Waals surface area contributed by atoms with Crippen molar-refractivity contribution in [2.45, 2.75) is 0 Å². The second kappa shape index (κ2) is 4.96. The lowest BCUT2D eigenvalue weighted by Gasteiger charge is -1.99. The Bertz CT molecular complexity index is 802. The molecule has 0 amide bonds. The number of anilines is 1. The summed E-state index contributed by atoms with van der Waals surface area (Å²) < 4.78 is 5.10. The lowest BCUT2D eigenvalue weighted by molar-refractivity contribution is -0.384. The molecule has 0 saturated heterocycles. The summed E-state index contributed by atoms with van der Waals surface area (Å²) >= 11 is 0. The van der Waals surface area contributed by atoms with Gasteiger partial charge in [0, 0.05) is 24.0 Å². The molecule has 0 atom stereocenters. The van der Waals surface area contributed by atoms with Gasteiger partial charge in [-0.05, 0) is 12.1 Å². The summed E-state index contributed by atoms with van der Waals surface area (Å²) in [7, 11) is 0. The van der Waals surface area contributed by atoms with E-state index in [1.54, 1.807) is 12.3 Å². The van der Waals surface area contributed by atoms with Gasteiger partial charge in [-0.2, -0.15) is 4.98 Å². The molecule has 1 aromatic carbocycles. The molecular weight excluding hydrogens is 276 g/mol. The Morgan fingerprint density at radius 1 is 1.29 bits per heavy atom. The minimum absolute atomic E-state index is 0.0878. The fourth-order valence-electron chi connectivity index (χ4n) is 1.70. The first-order valence-corrected chi connectivity index (χ1v) is 5.79. The zero-order chi connectivity index (χ0) is 14.8. The van der Waals surface area contributed by atoms with Gasteiger partial charge in [-0.1, -0.05) is 5.16 Å². The summed E-state index contributed by atoms with van der Waals surface area (Å²) in [5.74, 6) is 0.336. The van der Waals surface area contributed by atoms with Gasteiger partial charge < -0.3 is 10.3 Å². The van der Waals surface area contributed by atoms with Crippen molar-refractivity contribution in [2.24, 2.45) is 0 Å². The van der Waals surface area contributed by atoms with E-state index >= 15 is 0 Å². The standard InChI is InChI=1S/C12H8N6O3/c13-9-2-1-7(18(19)20)5-8(9)12-16-11(17-21-12)10-3-4-14-6-15-10/h1-6H,13H2. The average Bonchev–Trinajstić information content (AvgIpc) is 2.98. The third kappa shape index (κ3) is 2.39. The van der Waals surface area contributed by atoms with Crippen molar-refractivity contribution in [1.82, 2.24) is 20.1 Å². The second-order valence-corrected chi connectivity index (χ2v) is 4.05. The largest absolute Gasteiger partial charge is 0.398 e. The highest BCUT2D eigenvalue weighted by molar-refractivity contribution is 5.73. The zero-order valence-electron chi connectivity index (χ0n) is 10.5. The van der Waals surface area contributed by atoms with Gasteiger partial charge in [0.2, 0.25) is 5.82 Å². The number of nitrogen functional groups attached to an aromatic ring is 1. The molecule has 0 spiro atoms. The quantitative estimate of drug-likeness (QED) is 0.436. The highest BCUT2D eigenvalue weighted by Crippen LogP contribution is 2.29. The molecule has 2 aromatic heterocycles. The molecule has 0 unspecified atom stereocenters. The third-order valence-electron chi connectivity index (χ3n) is 2.72. The molecule has 9 nitrogen and oxygen atoms in total. The number of hydrogen-bond donors (Lipinski definition) is 1. The number of nitrogens with two attached hydrogens (primary N) is 1. The number of rotatable bonds is 3. The van der Waals surface area contributed by atoms with Crippen molar-refractivity contribution >= 4 is 11.4 Å². The smallest absolute Gasteiger partial charge is 0.270 e. The van der Waals surface area contributed by atoms with Gasteiger partial charge in [0.05, 0.1) is 10.5 Å². The average molecular weight is 284 g/mol. The van der Waals surface area contributed by atoms with E-state index in [9.17, 15) is 10.1 Å². The molecular formula is C12H8N6O3. The van der Waals surface area contributed by atoms with Crippen molar-refractivity contribution in [3.63, 3.8) is 0 Å². The van der Waals surface area contributed by atoms with Gasteiger partial charge in [-0.15, -0.1) is 0 Å². The molecule has 0 fully saturated rings. The summed E-state index contributed by atoms with van der Waals surface area (Å²) in [5, 5.41) is 14.6. The first kappa shape index (κ1) is 12.7. The number of nitro benzene ring substituents is 1. The van der Waals surface area contributed by atoms with E-state index in [1.807, 2.05) is 0 Å². The molecule has 0 bridgehead atoms. The summed E-state index contributed by atoms with van der Waals surface area (Å²) in [6.07, 6.45) is 2.90. The first-order valence-electron chi connectivity index (χ1n) is 5.79. The van der Waals surface area contributed by atoms with Crippen LogP contribution in [0.1, 0.15) is 0 Å². The van der Waals surface area contributed by atoms with Gasteiger partial charge in [0.25, 0.3) is 11.6 Å². The summed E-state index contributed by atoms with van der Waals surface area (Å²) in [6.45, 7) is 0. The number of benzene rings is 1. The lowest BCUT2D eigenvalue weighted by atomic mass is 10.1. The maximum absolute atomic E-state index is 10.8. The highest BCUT2D eigenvalue weighted by atomic mass is 16.6. The van der Waals surface area contributed by atoms with Crippen molar-refractivity contribution in [2.75, 3.05) is 5.73 Å². The van der Waals surface area contributed by atoms with Crippen LogP contribution in [0.5, 0.6) is 0 Å². The minimum Gasteiger partial charge on any atom is -0.398 e. The van der Waals surface area contributed by atoms with E-state index in [0.29, 0.717) is 16.9 Å². The topological polar surface area (TPSA) is 134 Å². The Balaban J connectivity index is 2.04. The molecule has 9 heteroatoms. The SMILES string of the molecule is Nc1ccc([N+](=O)[O-])cc1-c1nc(-c2ccncn2)no1. The van der Waals surface area contributed by atoms with E-state index in [4.69, 9.17) is 10.3 Å². The monoisotopic (exact) mass is 284 g/mol. The Hall–Kier alpha value is -3.36. The Morgan fingerprint density at radius 3 is 2.86 bits per heavy atom. The van der Waals surface area contributed by atoms with Gasteiger partial charge in [0.1, 0.15) is 12.0 Å². The normalized spacial score (nSPS) is 10.5. The van der Waals surface area contributed by atoms with Crippen LogP contribution in [0.15, 0.2) is 41.3 Å². The van der Waals surface area contributed by atoms with Crippen LogP contribution in [0.2, 0.25) is 0 Å². The molecule has 3 aromatic rings. The van der Waals surface area contributed by atoms with Crippen molar-refractivity contribution in [3.05, 3.63) is 46.9 Å². The minimum atomic E-state index is -0.523. The summed E-state index contributed by atoms with van der Waals surface area (Å²) in [5.41, 5.74) is 6.77. The van der Waals surface area contributed by atoms with E-state index < -0.39 is 4.92 Å². The molecule has 21 heavy (non-hydrogen) atoms. The lowest BCUT2D eigenvalue weighted by Crippen LogP contribution is -1.94. The molecule has 2 heterocycles. The second-order valence-electron chi connectivity index (χ2n) is 4.05. The van der Waals surface area contributed by atoms with Crippen LogP contribution in [0.4, 0.5) is 11.4 Å². The number of aromatic nitrogens is 4. The van der Waals surface area contributed by atoms with E-state index in [0.717, 1.165) is 0 Å². The van der Waals surface area contributed by atoms with Crippen LogP contribution in [0.3, 0.4) is 0 Å². The van der Waals surface area contributed by atoms with E-state index in [1.165, 1.54) is 24.5 Å². The Morgan fingerprint density at radius 2 is 2.14 bits per heavy atom. The maximum atomic E-state index is 10.8. The molecule has 0 radical (unpaired) electrons. The molecule has 0 aliphatic rings. The Labute approximate surface area is 117 Å². The summed E-state index contributed by atoms with van der Waals surface area (Å²) in [6, 6.07) is 5.63. The van der Waals surface area contributed by atoms with E-state index in [2.05, 4.69) is 20.1 Å². The molecule has 2 N–H and O–H groups in total. The fraction of sp³-hybridized carbons (Fsp3) is 0. The van der Waals surface area contributed by atoms with Crippen molar-refractivity contribution < 1.29 is 9.45 Å². The number of hydrogen-bond acceptors (Lipinski definition) is 8. The molecule has 104 valence electrons. The van der Waals surface area contributed by atoms with E-state index in [-0.39, 0.29) is 17.4 Å². The van der Waals surface area contributed by atoms with Gasteiger partial charge in [0.15, 0.2) is 0 Å². The molecule has 0 saturated carbocycles. The predicted octanol–water partition coefficient (Wildman–Crippen LogP) is 1.68. The van der Waals surface area contributed by atoms with Crippen LogP contribution in [0, 0.1) is 10.1 Å². The summed E-state index contributed by atoms with van der Waals surface area (Å²) in [4.78, 5) is 22.2. The number of nitrogens with zero attached hydrogens (tertiary/aromatic N) is 5.